The number of halogens is 1. The quantitative estimate of drug-likeness (QED) is 0.633. The van der Waals surface area contributed by atoms with Crippen molar-refractivity contribution in [3.63, 3.8) is 0 Å². The van der Waals surface area contributed by atoms with Crippen LogP contribution in [0.4, 0.5) is 0 Å². The van der Waals surface area contributed by atoms with Gasteiger partial charge in [-0.2, -0.15) is 0 Å². The molecule has 1 aliphatic heterocycles. The Labute approximate surface area is 96.2 Å². The van der Waals surface area contributed by atoms with Crippen molar-refractivity contribution in [1.29, 1.82) is 0 Å². The van der Waals surface area contributed by atoms with E-state index < -0.39 is 0 Å². The van der Waals surface area contributed by atoms with Crippen molar-refractivity contribution < 1.29 is 9.90 Å². The maximum absolute atomic E-state index is 11.6. The average molecular weight is 235 g/mol. The van der Waals surface area contributed by atoms with Crippen molar-refractivity contribution in [2.45, 2.75) is 44.4 Å². The summed E-state index contributed by atoms with van der Waals surface area (Å²) < 4.78 is 0. The van der Waals surface area contributed by atoms with Gasteiger partial charge in [-0.25, -0.2) is 0 Å². The van der Waals surface area contributed by atoms with Gasteiger partial charge in [-0.05, 0) is 25.2 Å². The summed E-state index contributed by atoms with van der Waals surface area (Å²) in [6, 6.07) is 0.193. The Morgan fingerprint density at radius 3 is 2.53 bits per heavy atom. The molecular formula is C10H19ClN2O2. The van der Waals surface area contributed by atoms with Gasteiger partial charge in [-0.3, -0.25) is 4.79 Å². The molecule has 1 amide bonds. The monoisotopic (exact) mass is 234 g/mol. The molecule has 4 nitrogen and oxygen atoms in total. The van der Waals surface area contributed by atoms with Crippen molar-refractivity contribution in [3.8, 4) is 0 Å². The third kappa shape index (κ3) is 3.06. The lowest BCUT2D eigenvalue weighted by Gasteiger charge is -2.33. The fraction of sp³-hybridized carbons (Fsp3) is 0.900. The Balaban J connectivity index is 0.00000112. The number of hydrogen-bond donors (Lipinski definition) is 3. The molecule has 0 unspecified atom stereocenters. The van der Waals surface area contributed by atoms with Gasteiger partial charge in [0.1, 0.15) is 0 Å². The predicted octanol–water partition coefficient (Wildman–Crippen LogP) is 0.0457. The minimum atomic E-state index is -0.355. The van der Waals surface area contributed by atoms with Crippen LogP contribution in [0.15, 0.2) is 0 Å². The molecule has 88 valence electrons. The number of hydrogen-bond acceptors (Lipinski definition) is 3. The van der Waals surface area contributed by atoms with Crippen LogP contribution < -0.4 is 10.6 Å². The summed E-state index contributed by atoms with van der Waals surface area (Å²) in [7, 11) is 0. The van der Waals surface area contributed by atoms with Crippen LogP contribution in [0.25, 0.3) is 0 Å². The van der Waals surface area contributed by atoms with Crippen LogP contribution in [0.1, 0.15) is 26.2 Å². The zero-order chi connectivity index (χ0) is 10.1. The number of nitrogens with one attached hydrogen (secondary N) is 2. The van der Waals surface area contributed by atoms with E-state index in [9.17, 15) is 9.90 Å². The van der Waals surface area contributed by atoms with Crippen LogP contribution >= 0.6 is 12.4 Å². The zero-order valence-corrected chi connectivity index (χ0v) is 9.72. The molecule has 2 rings (SSSR count). The van der Waals surface area contributed by atoms with Crippen molar-refractivity contribution in [3.05, 3.63) is 0 Å². The van der Waals surface area contributed by atoms with Crippen LogP contribution in [0, 0.1) is 5.92 Å². The summed E-state index contributed by atoms with van der Waals surface area (Å²) in [4.78, 5) is 11.6. The maximum atomic E-state index is 11.6. The molecule has 1 heterocycles. The highest BCUT2D eigenvalue weighted by atomic mass is 35.5. The lowest BCUT2D eigenvalue weighted by atomic mass is 9.82. The molecule has 2 fully saturated rings. The minimum absolute atomic E-state index is 0. The van der Waals surface area contributed by atoms with Gasteiger partial charge >= 0.3 is 0 Å². The van der Waals surface area contributed by atoms with E-state index in [-0.39, 0.29) is 30.5 Å². The lowest BCUT2D eigenvalue weighted by Crippen LogP contribution is -2.49. The first-order valence-corrected chi connectivity index (χ1v) is 5.37. The molecular weight excluding hydrogens is 216 g/mol. The molecule has 0 aromatic heterocycles. The molecule has 15 heavy (non-hydrogen) atoms. The normalized spacial score (nSPS) is 39.1. The first-order valence-electron chi connectivity index (χ1n) is 5.37. The molecule has 1 aliphatic carbocycles. The zero-order valence-electron chi connectivity index (χ0n) is 8.90. The number of aliphatic hydroxyl groups is 1. The molecule has 0 radical (unpaired) electrons. The molecule has 1 saturated carbocycles. The summed E-state index contributed by atoms with van der Waals surface area (Å²) in [5, 5.41) is 15.3. The Morgan fingerprint density at radius 2 is 2.07 bits per heavy atom. The lowest BCUT2D eigenvalue weighted by molar-refractivity contribution is -0.124. The maximum Gasteiger partial charge on any atom is 0.237 e. The van der Waals surface area contributed by atoms with Gasteiger partial charge in [-0.15, -0.1) is 12.4 Å². The van der Waals surface area contributed by atoms with Crippen LogP contribution in [-0.4, -0.2) is 35.7 Å². The third-order valence-corrected chi connectivity index (χ3v) is 3.14. The van der Waals surface area contributed by atoms with E-state index in [1.165, 1.54) is 0 Å². The molecule has 3 N–H and O–H groups in total. The molecule has 5 heteroatoms. The van der Waals surface area contributed by atoms with Crippen molar-refractivity contribution in [2.75, 3.05) is 6.54 Å². The van der Waals surface area contributed by atoms with E-state index in [1.54, 1.807) is 0 Å². The topological polar surface area (TPSA) is 61.4 Å². The first kappa shape index (κ1) is 12.7. The largest absolute Gasteiger partial charge is 0.392 e. The summed E-state index contributed by atoms with van der Waals surface area (Å²) in [5.74, 6) is 0.806. The molecule has 2 aliphatic rings. The Hall–Kier alpha value is -0.320. The van der Waals surface area contributed by atoms with Gasteiger partial charge in [0.05, 0.1) is 12.1 Å². The SMILES string of the molecule is CC1CC(NC(=O)[C@H]2C[C@H](O)CN2)C1.Cl. The van der Waals surface area contributed by atoms with E-state index in [0.717, 1.165) is 18.8 Å². The number of carbonyl (C=O) groups is 1. The van der Waals surface area contributed by atoms with E-state index in [4.69, 9.17) is 0 Å². The van der Waals surface area contributed by atoms with Crippen molar-refractivity contribution in [1.82, 2.24) is 10.6 Å². The molecule has 0 aromatic rings. The fourth-order valence-corrected chi connectivity index (χ4v) is 2.24. The second-order valence-corrected chi connectivity index (χ2v) is 4.63. The van der Waals surface area contributed by atoms with Gasteiger partial charge < -0.3 is 15.7 Å². The van der Waals surface area contributed by atoms with Crippen LogP contribution in [-0.2, 0) is 4.79 Å². The standard InChI is InChI=1S/C10H18N2O2.ClH/c1-6-2-7(3-6)12-10(14)9-4-8(13)5-11-9;/h6-9,11,13H,2-5H2,1H3,(H,12,14);1H/t6?,7?,8-,9+;/m0./s1. The van der Waals surface area contributed by atoms with Crippen molar-refractivity contribution in [2.24, 2.45) is 5.92 Å². The minimum Gasteiger partial charge on any atom is -0.392 e. The number of β-amino-alcohol motifs (C(OH)–C–C–N with tert-alkyl or cyclic N) is 1. The van der Waals surface area contributed by atoms with Crippen LogP contribution in [0.3, 0.4) is 0 Å². The summed E-state index contributed by atoms with van der Waals surface area (Å²) in [6.07, 6.45) is 2.39. The van der Waals surface area contributed by atoms with Gasteiger partial charge in [0.25, 0.3) is 0 Å². The third-order valence-electron chi connectivity index (χ3n) is 3.14. The number of aliphatic hydroxyl groups excluding tert-OH is 1. The highest BCUT2D eigenvalue weighted by molar-refractivity contribution is 5.85. The van der Waals surface area contributed by atoms with Gasteiger partial charge in [-0.1, -0.05) is 6.92 Å². The van der Waals surface area contributed by atoms with E-state index >= 15 is 0 Å². The number of amides is 1. The molecule has 0 spiro atoms. The average Bonchev–Trinajstić information content (AvgIpc) is 2.49. The van der Waals surface area contributed by atoms with Crippen LogP contribution in [0.2, 0.25) is 0 Å². The smallest absolute Gasteiger partial charge is 0.237 e. The van der Waals surface area contributed by atoms with Gasteiger partial charge in [0.2, 0.25) is 5.91 Å². The van der Waals surface area contributed by atoms with Crippen molar-refractivity contribution >= 4 is 18.3 Å². The molecule has 0 aromatic carbocycles. The predicted molar refractivity (Wildman–Crippen MR) is 60.0 cm³/mol. The van der Waals surface area contributed by atoms with E-state index in [0.29, 0.717) is 19.0 Å². The van der Waals surface area contributed by atoms with E-state index in [1.807, 2.05) is 0 Å². The fourth-order valence-electron chi connectivity index (χ4n) is 2.24. The van der Waals surface area contributed by atoms with Gasteiger partial charge in [0, 0.05) is 12.6 Å². The van der Waals surface area contributed by atoms with Gasteiger partial charge in [0.15, 0.2) is 0 Å². The Bertz CT molecular complexity index is 231. The second kappa shape index (κ2) is 5.14. The molecule has 1 saturated heterocycles. The number of rotatable bonds is 2. The Kier molecular flexibility index (Phi) is 4.37. The highest BCUT2D eigenvalue weighted by Gasteiger charge is 2.32. The molecule has 0 bridgehead atoms. The first-order chi connectivity index (χ1) is 6.65. The Morgan fingerprint density at radius 1 is 1.40 bits per heavy atom. The second-order valence-electron chi connectivity index (χ2n) is 4.63. The summed E-state index contributed by atoms with van der Waals surface area (Å²) >= 11 is 0. The van der Waals surface area contributed by atoms with E-state index in [2.05, 4.69) is 17.6 Å². The molecule has 2 atom stereocenters. The van der Waals surface area contributed by atoms with Crippen LogP contribution in [0.5, 0.6) is 0 Å². The summed E-state index contributed by atoms with van der Waals surface area (Å²) in [6.45, 7) is 2.74. The number of carbonyl (C=O) groups excluding carboxylic acids is 1. The summed E-state index contributed by atoms with van der Waals surface area (Å²) in [5.41, 5.74) is 0. The highest BCUT2D eigenvalue weighted by Crippen LogP contribution is 2.26.